The SMILES string of the molecule is Cc1oc(-c2ccsc2)nc1CNC1(CO)Cc2ccccc2C1. The molecule has 2 aromatic heterocycles. The van der Waals surface area contributed by atoms with E-state index in [2.05, 4.69) is 34.6 Å². The van der Waals surface area contributed by atoms with Crippen molar-refractivity contribution in [2.24, 2.45) is 0 Å². The van der Waals surface area contributed by atoms with Gasteiger partial charge in [0.05, 0.1) is 12.3 Å². The molecule has 5 heteroatoms. The highest BCUT2D eigenvalue weighted by Gasteiger charge is 2.36. The van der Waals surface area contributed by atoms with E-state index in [0.29, 0.717) is 12.4 Å². The van der Waals surface area contributed by atoms with E-state index in [-0.39, 0.29) is 12.1 Å². The number of aliphatic hydroxyl groups is 1. The lowest BCUT2D eigenvalue weighted by Gasteiger charge is -2.28. The molecule has 1 aliphatic carbocycles. The smallest absolute Gasteiger partial charge is 0.227 e. The Kier molecular flexibility index (Phi) is 4.00. The van der Waals surface area contributed by atoms with Crippen molar-refractivity contribution < 1.29 is 9.52 Å². The molecule has 2 heterocycles. The van der Waals surface area contributed by atoms with Crippen LogP contribution in [0.1, 0.15) is 22.6 Å². The normalized spacial score (nSPS) is 15.6. The van der Waals surface area contributed by atoms with Gasteiger partial charge in [0.15, 0.2) is 0 Å². The summed E-state index contributed by atoms with van der Waals surface area (Å²) in [6, 6.07) is 10.4. The fourth-order valence-electron chi connectivity index (χ4n) is 3.36. The van der Waals surface area contributed by atoms with Gasteiger partial charge in [0.2, 0.25) is 5.89 Å². The van der Waals surface area contributed by atoms with Crippen molar-refractivity contribution in [2.45, 2.75) is 31.8 Å². The molecule has 0 amide bonds. The lowest BCUT2D eigenvalue weighted by Crippen LogP contribution is -2.49. The Morgan fingerprint density at radius 1 is 1.25 bits per heavy atom. The zero-order valence-corrected chi connectivity index (χ0v) is 14.4. The van der Waals surface area contributed by atoms with E-state index in [0.717, 1.165) is 29.9 Å². The van der Waals surface area contributed by atoms with Crippen LogP contribution in [0.15, 0.2) is 45.5 Å². The molecule has 0 unspecified atom stereocenters. The molecule has 0 aliphatic heterocycles. The highest BCUT2D eigenvalue weighted by Crippen LogP contribution is 2.30. The van der Waals surface area contributed by atoms with Crippen molar-refractivity contribution in [1.82, 2.24) is 10.3 Å². The fraction of sp³-hybridized carbons (Fsp3) is 0.316. The minimum Gasteiger partial charge on any atom is -0.441 e. The van der Waals surface area contributed by atoms with Gasteiger partial charge in [-0.1, -0.05) is 24.3 Å². The molecular formula is C19H20N2O2S. The maximum atomic E-state index is 9.99. The third-order valence-corrected chi connectivity index (χ3v) is 5.45. The number of benzene rings is 1. The van der Waals surface area contributed by atoms with Crippen LogP contribution in [0.2, 0.25) is 0 Å². The van der Waals surface area contributed by atoms with Crippen LogP contribution in [-0.2, 0) is 19.4 Å². The number of fused-ring (bicyclic) bond motifs is 1. The summed E-state index contributed by atoms with van der Waals surface area (Å²) in [4.78, 5) is 4.62. The van der Waals surface area contributed by atoms with Crippen LogP contribution in [-0.4, -0.2) is 22.2 Å². The number of aryl methyl sites for hydroxylation is 1. The second kappa shape index (κ2) is 6.16. The number of aromatic nitrogens is 1. The average Bonchev–Trinajstić information content (AvgIpc) is 3.31. The number of aliphatic hydroxyl groups excluding tert-OH is 1. The van der Waals surface area contributed by atoms with Gasteiger partial charge in [-0.2, -0.15) is 11.3 Å². The lowest BCUT2D eigenvalue weighted by molar-refractivity contribution is 0.165. The minimum absolute atomic E-state index is 0.107. The summed E-state index contributed by atoms with van der Waals surface area (Å²) in [5.74, 6) is 1.49. The number of nitrogens with zero attached hydrogens (tertiary/aromatic N) is 1. The molecule has 1 aliphatic rings. The minimum atomic E-state index is -0.308. The molecule has 1 aromatic carbocycles. The zero-order valence-electron chi connectivity index (χ0n) is 13.6. The van der Waals surface area contributed by atoms with Crippen LogP contribution in [0.3, 0.4) is 0 Å². The molecule has 0 spiro atoms. The largest absolute Gasteiger partial charge is 0.441 e. The van der Waals surface area contributed by atoms with Gasteiger partial charge >= 0.3 is 0 Å². The van der Waals surface area contributed by atoms with Crippen LogP contribution < -0.4 is 5.32 Å². The van der Waals surface area contributed by atoms with Gasteiger partial charge < -0.3 is 14.8 Å². The Morgan fingerprint density at radius 2 is 2.00 bits per heavy atom. The Bertz CT molecular complexity index is 814. The quantitative estimate of drug-likeness (QED) is 0.748. The Balaban J connectivity index is 1.51. The summed E-state index contributed by atoms with van der Waals surface area (Å²) in [5, 5.41) is 17.6. The first-order valence-corrected chi connectivity index (χ1v) is 9.05. The van der Waals surface area contributed by atoms with E-state index < -0.39 is 0 Å². The number of hydrogen-bond acceptors (Lipinski definition) is 5. The van der Waals surface area contributed by atoms with E-state index in [1.54, 1.807) is 11.3 Å². The van der Waals surface area contributed by atoms with Gasteiger partial charge in [0, 0.05) is 23.0 Å². The topological polar surface area (TPSA) is 58.3 Å². The van der Waals surface area contributed by atoms with Crippen molar-refractivity contribution in [1.29, 1.82) is 0 Å². The van der Waals surface area contributed by atoms with Crippen LogP contribution in [0.5, 0.6) is 0 Å². The van der Waals surface area contributed by atoms with Crippen molar-refractivity contribution in [3.63, 3.8) is 0 Å². The summed E-state index contributed by atoms with van der Waals surface area (Å²) < 4.78 is 5.80. The molecule has 124 valence electrons. The van der Waals surface area contributed by atoms with Crippen molar-refractivity contribution in [3.05, 3.63) is 63.7 Å². The molecule has 0 radical (unpaired) electrons. The molecule has 4 nitrogen and oxygen atoms in total. The fourth-order valence-corrected chi connectivity index (χ4v) is 3.99. The van der Waals surface area contributed by atoms with Gasteiger partial charge in [0.25, 0.3) is 0 Å². The standard InChI is InChI=1S/C19H20N2O2S/c1-13-17(21-18(23-13)16-6-7-24-11-16)10-20-19(12-22)8-14-4-2-3-5-15(14)9-19/h2-7,11,20,22H,8-10,12H2,1H3. The molecule has 2 N–H and O–H groups in total. The molecule has 0 atom stereocenters. The van der Waals surface area contributed by atoms with Gasteiger partial charge in [-0.15, -0.1) is 0 Å². The van der Waals surface area contributed by atoms with Crippen LogP contribution in [0, 0.1) is 6.92 Å². The predicted molar refractivity (Wildman–Crippen MR) is 95.1 cm³/mol. The van der Waals surface area contributed by atoms with Gasteiger partial charge in [-0.05, 0) is 42.3 Å². The monoisotopic (exact) mass is 340 g/mol. The number of rotatable bonds is 5. The first-order chi connectivity index (χ1) is 11.7. The number of nitrogens with one attached hydrogen (secondary N) is 1. The van der Waals surface area contributed by atoms with E-state index in [9.17, 15) is 5.11 Å². The molecule has 3 aromatic rings. The van der Waals surface area contributed by atoms with Gasteiger partial charge in [0.1, 0.15) is 5.76 Å². The molecule has 0 fully saturated rings. The van der Waals surface area contributed by atoms with E-state index in [1.165, 1.54) is 11.1 Å². The molecule has 0 saturated heterocycles. The maximum absolute atomic E-state index is 9.99. The van der Waals surface area contributed by atoms with Crippen LogP contribution in [0.4, 0.5) is 0 Å². The summed E-state index contributed by atoms with van der Waals surface area (Å²) in [7, 11) is 0. The van der Waals surface area contributed by atoms with Crippen molar-refractivity contribution in [2.75, 3.05) is 6.61 Å². The molecule has 0 bridgehead atoms. The van der Waals surface area contributed by atoms with Crippen LogP contribution in [0.25, 0.3) is 11.5 Å². The molecule has 0 saturated carbocycles. The van der Waals surface area contributed by atoms with E-state index >= 15 is 0 Å². The third kappa shape index (κ3) is 2.79. The highest BCUT2D eigenvalue weighted by molar-refractivity contribution is 7.08. The number of thiophene rings is 1. The van der Waals surface area contributed by atoms with Crippen molar-refractivity contribution in [3.8, 4) is 11.5 Å². The van der Waals surface area contributed by atoms with E-state index in [1.807, 2.05) is 23.8 Å². The van der Waals surface area contributed by atoms with E-state index in [4.69, 9.17) is 4.42 Å². The number of oxazole rings is 1. The Hall–Kier alpha value is -1.95. The Morgan fingerprint density at radius 3 is 2.62 bits per heavy atom. The van der Waals surface area contributed by atoms with Gasteiger partial charge in [-0.3, -0.25) is 0 Å². The predicted octanol–water partition coefficient (Wildman–Crippen LogP) is 3.33. The first kappa shape index (κ1) is 15.6. The molecule has 4 rings (SSSR count). The second-order valence-corrected chi connectivity index (χ2v) is 7.23. The summed E-state index contributed by atoms with van der Waals surface area (Å²) in [6.07, 6.45) is 1.68. The van der Waals surface area contributed by atoms with Crippen LogP contribution >= 0.6 is 11.3 Å². The van der Waals surface area contributed by atoms with Crippen molar-refractivity contribution >= 4 is 11.3 Å². The summed E-state index contributed by atoms with van der Waals surface area (Å²) in [6.45, 7) is 2.64. The lowest BCUT2D eigenvalue weighted by atomic mass is 9.96. The molecule has 24 heavy (non-hydrogen) atoms. The Labute approximate surface area is 145 Å². The first-order valence-electron chi connectivity index (χ1n) is 8.11. The molecular weight excluding hydrogens is 320 g/mol. The summed E-state index contributed by atoms with van der Waals surface area (Å²) >= 11 is 1.63. The third-order valence-electron chi connectivity index (χ3n) is 4.77. The summed E-state index contributed by atoms with van der Waals surface area (Å²) in [5.41, 5.74) is 4.24. The highest BCUT2D eigenvalue weighted by atomic mass is 32.1. The average molecular weight is 340 g/mol. The zero-order chi connectivity index (χ0) is 16.6. The maximum Gasteiger partial charge on any atom is 0.227 e. The second-order valence-electron chi connectivity index (χ2n) is 6.45. The van der Waals surface area contributed by atoms with Gasteiger partial charge in [-0.25, -0.2) is 4.98 Å². The number of hydrogen-bond donors (Lipinski definition) is 2.